The summed E-state index contributed by atoms with van der Waals surface area (Å²) in [7, 11) is 0. The fourth-order valence-electron chi connectivity index (χ4n) is 2.29. The minimum atomic E-state index is 0.131. The topological polar surface area (TPSA) is 51.4 Å². The summed E-state index contributed by atoms with van der Waals surface area (Å²) >= 11 is 0. The van der Waals surface area contributed by atoms with Crippen molar-refractivity contribution in [3.63, 3.8) is 0 Å². The third kappa shape index (κ3) is 3.21. The van der Waals surface area contributed by atoms with Gasteiger partial charge in [-0.25, -0.2) is 4.98 Å². The molecular formula is C14H23N3O. The van der Waals surface area contributed by atoms with Gasteiger partial charge in [-0.2, -0.15) is 0 Å². The van der Waals surface area contributed by atoms with E-state index in [2.05, 4.69) is 23.7 Å². The Labute approximate surface area is 109 Å². The van der Waals surface area contributed by atoms with E-state index in [0.717, 1.165) is 25.3 Å². The number of pyridine rings is 1. The van der Waals surface area contributed by atoms with Gasteiger partial charge in [0.25, 0.3) is 0 Å². The molecule has 0 spiro atoms. The monoisotopic (exact) mass is 249 g/mol. The average Bonchev–Trinajstić information content (AvgIpc) is 2.39. The van der Waals surface area contributed by atoms with E-state index in [4.69, 9.17) is 10.5 Å². The zero-order valence-corrected chi connectivity index (χ0v) is 11.3. The zero-order chi connectivity index (χ0) is 13.0. The Morgan fingerprint density at radius 2 is 2.33 bits per heavy atom. The molecule has 4 heteroatoms. The predicted octanol–water partition coefficient (Wildman–Crippen LogP) is 2.23. The van der Waals surface area contributed by atoms with Crippen LogP contribution in [0.5, 0.6) is 0 Å². The molecule has 1 fully saturated rings. The molecule has 1 aromatic rings. The van der Waals surface area contributed by atoms with Crippen molar-refractivity contribution in [3.05, 3.63) is 23.9 Å². The third-order valence-electron chi connectivity index (χ3n) is 3.54. The van der Waals surface area contributed by atoms with Crippen LogP contribution in [-0.4, -0.2) is 35.6 Å². The molecule has 0 saturated carbocycles. The van der Waals surface area contributed by atoms with Gasteiger partial charge in [-0.05, 0) is 26.0 Å². The van der Waals surface area contributed by atoms with E-state index in [1.54, 1.807) is 0 Å². The van der Waals surface area contributed by atoms with Crippen molar-refractivity contribution >= 4 is 5.82 Å². The van der Waals surface area contributed by atoms with Crippen molar-refractivity contribution < 1.29 is 4.74 Å². The maximum absolute atomic E-state index is 5.90. The number of hydrogen-bond donors (Lipinski definition) is 1. The van der Waals surface area contributed by atoms with Gasteiger partial charge in [0.1, 0.15) is 5.82 Å². The van der Waals surface area contributed by atoms with E-state index in [9.17, 15) is 0 Å². The molecule has 0 bridgehead atoms. The third-order valence-corrected chi connectivity index (χ3v) is 3.54. The quantitative estimate of drug-likeness (QED) is 0.889. The number of hydrogen-bond acceptors (Lipinski definition) is 4. The summed E-state index contributed by atoms with van der Waals surface area (Å²) in [5.74, 6) is 0.561. The summed E-state index contributed by atoms with van der Waals surface area (Å²) in [6.45, 7) is 7.35. The molecule has 2 heterocycles. The molecule has 100 valence electrons. The van der Waals surface area contributed by atoms with E-state index >= 15 is 0 Å². The molecule has 4 nitrogen and oxygen atoms in total. The second-order valence-corrected chi connectivity index (χ2v) is 5.04. The number of anilines is 1. The Kier molecular flexibility index (Phi) is 4.55. The summed E-state index contributed by atoms with van der Waals surface area (Å²) in [5.41, 5.74) is 6.73. The lowest BCUT2D eigenvalue weighted by Crippen LogP contribution is -2.45. The Hall–Kier alpha value is -1.13. The van der Waals surface area contributed by atoms with E-state index in [1.165, 1.54) is 12.8 Å². The molecule has 18 heavy (non-hydrogen) atoms. The minimum Gasteiger partial charge on any atom is -0.384 e. The molecule has 2 atom stereocenters. The van der Waals surface area contributed by atoms with Crippen molar-refractivity contribution in [2.24, 2.45) is 0 Å². The number of rotatable bonds is 4. The maximum atomic E-state index is 5.90. The van der Waals surface area contributed by atoms with E-state index in [1.807, 2.05) is 18.3 Å². The molecular weight excluding hydrogens is 226 g/mol. The Balaban J connectivity index is 2.00. The van der Waals surface area contributed by atoms with Gasteiger partial charge >= 0.3 is 0 Å². The van der Waals surface area contributed by atoms with Crippen LogP contribution in [0.1, 0.15) is 38.4 Å². The van der Waals surface area contributed by atoms with Gasteiger partial charge in [-0.1, -0.05) is 19.4 Å². The fourth-order valence-corrected chi connectivity index (χ4v) is 2.29. The van der Waals surface area contributed by atoms with Crippen LogP contribution in [0.15, 0.2) is 18.3 Å². The zero-order valence-electron chi connectivity index (χ0n) is 11.3. The first-order chi connectivity index (χ1) is 8.70. The number of nitrogen functional groups attached to an aromatic ring is 1. The smallest absolute Gasteiger partial charge is 0.123 e. The van der Waals surface area contributed by atoms with Crippen LogP contribution in [0.3, 0.4) is 0 Å². The molecule has 0 radical (unpaired) electrons. The molecule has 1 aliphatic rings. The van der Waals surface area contributed by atoms with Crippen molar-refractivity contribution in [2.75, 3.05) is 25.4 Å². The fraction of sp³-hybridized carbons (Fsp3) is 0.643. The summed E-state index contributed by atoms with van der Waals surface area (Å²) in [4.78, 5) is 6.65. The normalized spacial score (nSPS) is 25.2. The van der Waals surface area contributed by atoms with Gasteiger partial charge in [0, 0.05) is 24.3 Å². The standard InChI is InChI=1S/C14H23N3O/c1-3-4-7-17-9-13(18-10-11(17)2)12-5-6-14(15)16-8-12/h5-6,8,11,13H,3-4,7,9-10H2,1-2H3,(H2,15,16)/t11-,13+/m0/s1. The molecule has 0 aromatic carbocycles. The lowest BCUT2D eigenvalue weighted by atomic mass is 10.1. The molecule has 0 amide bonds. The molecule has 1 saturated heterocycles. The largest absolute Gasteiger partial charge is 0.384 e. The second-order valence-electron chi connectivity index (χ2n) is 5.04. The van der Waals surface area contributed by atoms with Crippen molar-refractivity contribution in [1.82, 2.24) is 9.88 Å². The number of ether oxygens (including phenoxy) is 1. The number of morpholine rings is 1. The first-order valence-corrected chi connectivity index (χ1v) is 6.77. The number of nitrogens with two attached hydrogens (primary N) is 1. The van der Waals surface area contributed by atoms with Crippen LogP contribution < -0.4 is 5.73 Å². The summed E-state index contributed by atoms with van der Waals surface area (Å²) in [5, 5.41) is 0. The highest BCUT2D eigenvalue weighted by Gasteiger charge is 2.26. The van der Waals surface area contributed by atoms with Crippen LogP contribution >= 0.6 is 0 Å². The van der Waals surface area contributed by atoms with Gasteiger partial charge in [-0.15, -0.1) is 0 Å². The van der Waals surface area contributed by atoms with Gasteiger partial charge in [-0.3, -0.25) is 4.90 Å². The molecule has 0 unspecified atom stereocenters. The second kappa shape index (κ2) is 6.16. The van der Waals surface area contributed by atoms with Crippen molar-refractivity contribution in [2.45, 2.75) is 38.8 Å². The number of aromatic nitrogens is 1. The van der Waals surface area contributed by atoms with Crippen LogP contribution in [-0.2, 0) is 4.74 Å². The van der Waals surface area contributed by atoms with E-state index in [-0.39, 0.29) is 6.10 Å². The lowest BCUT2D eigenvalue weighted by molar-refractivity contribution is -0.0603. The molecule has 1 aromatic heterocycles. The highest BCUT2D eigenvalue weighted by atomic mass is 16.5. The molecule has 0 aliphatic carbocycles. The van der Waals surface area contributed by atoms with Gasteiger partial charge in [0.05, 0.1) is 12.7 Å². The van der Waals surface area contributed by atoms with Crippen LogP contribution in [0.25, 0.3) is 0 Å². The van der Waals surface area contributed by atoms with E-state index < -0.39 is 0 Å². The van der Waals surface area contributed by atoms with Crippen molar-refractivity contribution in [3.8, 4) is 0 Å². The number of unbranched alkanes of at least 4 members (excludes halogenated alkanes) is 1. The van der Waals surface area contributed by atoms with Gasteiger partial charge in [0.2, 0.25) is 0 Å². The summed E-state index contributed by atoms with van der Waals surface area (Å²) < 4.78 is 5.90. The van der Waals surface area contributed by atoms with Crippen LogP contribution in [0.4, 0.5) is 5.82 Å². The lowest BCUT2D eigenvalue weighted by Gasteiger charge is -2.38. The maximum Gasteiger partial charge on any atom is 0.123 e. The SMILES string of the molecule is CCCCN1C[C@H](c2ccc(N)nc2)OC[C@@H]1C. The summed E-state index contributed by atoms with van der Waals surface area (Å²) in [6.07, 6.45) is 4.44. The molecule has 2 rings (SSSR count). The van der Waals surface area contributed by atoms with Gasteiger partial charge in [0.15, 0.2) is 0 Å². The first-order valence-electron chi connectivity index (χ1n) is 6.77. The highest BCUT2D eigenvalue weighted by molar-refractivity contribution is 5.30. The first kappa shape index (κ1) is 13.3. The number of nitrogens with zero attached hydrogens (tertiary/aromatic N) is 2. The molecule has 2 N–H and O–H groups in total. The minimum absolute atomic E-state index is 0.131. The Bertz CT molecular complexity index is 366. The van der Waals surface area contributed by atoms with Crippen LogP contribution in [0.2, 0.25) is 0 Å². The molecule has 1 aliphatic heterocycles. The van der Waals surface area contributed by atoms with Crippen LogP contribution in [0, 0.1) is 0 Å². The van der Waals surface area contributed by atoms with Crippen molar-refractivity contribution in [1.29, 1.82) is 0 Å². The van der Waals surface area contributed by atoms with Gasteiger partial charge < -0.3 is 10.5 Å². The Morgan fingerprint density at radius 1 is 1.50 bits per heavy atom. The predicted molar refractivity (Wildman–Crippen MR) is 73.3 cm³/mol. The Morgan fingerprint density at radius 3 is 3.00 bits per heavy atom. The summed E-state index contributed by atoms with van der Waals surface area (Å²) in [6, 6.07) is 4.36. The van der Waals surface area contributed by atoms with E-state index in [0.29, 0.717) is 11.9 Å². The highest BCUT2D eigenvalue weighted by Crippen LogP contribution is 2.24. The average molecular weight is 249 g/mol.